The Morgan fingerprint density at radius 2 is 1.53 bits per heavy atom. The fourth-order valence-electron chi connectivity index (χ4n) is 5.99. The molecule has 0 bridgehead atoms. The van der Waals surface area contributed by atoms with Gasteiger partial charge in [0.1, 0.15) is 5.82 Å². The van der Waals surface area contributed by atoms with Crippen LogP contribution in [0.5, 0.6) is 11.5 Å². The van der Waals surface area contributed by atoms with Crippen molar-refractivity contribution in [3.8, 4) is 34.1 Å². The number of pyridine rings is 1. The second-order valence-electron chi connectivity index (χ2n) is 12.4. The zero-order chi connectivity index (χ0) is 30.6. The van der Waals surface area contributed by atoms with E-state index in [4.69, 9.17) is 9.84 Å². The Labute approximate surface area is 278 Å². The zero-order valence-electron chi connectivity index (χ0n) is 26.3. The van der Waals surface area contributed by atoms with E-state index < -0.39 is 0 Å². The normalized spacial score (nSPS) is 11.6. The van der Waals surface area contributed by atoms with Gasteiger partial charge in [-0.05, 0) is 72.1 Å². The number of ether oxygens (including phenoxy) is 1. The van der Waals surface area contributed by atoms with Crippen LogP contribution in [-0.4, -0.2) is 19.3 Å². The third kappa shape index (κ3) is 5.62. The van der Waals surface area contributed by atoms with Gasteiger partial charge in [-0.1, -0.05) is 68.8 Å². The summed E-state index contributed by atoms with van der Waals surface area (Å²) in [4.78, 5) is 4.68. The van der Waals surface area contributed by atoms with Crippen molar-refractivity contribution >= 4 is 21.8 Å². The van der Waals surface area contributed by atoms with Crippen LogP contribution in [0.1, 0.15) is 43.3 Å². The fraction of sp³-hybridized carbons (Fsp3) is 0.179. The first kappa shape index (κ1) is 30.6. The van der Waals surface area contributed by atoms with E-state index in [1.165, 1.54) is 11.1 Å². The summed E-state index contributed by atoms with van der Waals surface area (Å²) in [6.07, 6.45) is 1.85. The van der Waals surface area contributed by atoms with E-state index >= 15 is 0 Å². The van der Waals surface area contributed by atoms with Crippen LogP contribution in [0, 0.1) is 32.9 Å². The van der Waals surface area contributed by atoms with E-state index in [9.17, 15) is 0 Å². The van der Waals surface area contributed by atoms with Gasteiger partial charge in [0.25, 0.3) is 0 Å². The molecule has 226 valence electrons. The van der Waals surface area contributed by atoms with Crippen LogP contribution >= 0.6 is 0 Å². The summed E-state index contributed by atoms with van der Waals surface area (Å²) >= 11 is 0. The first-order chi connectivity index (χ1) is 21.2. The maximum absolute atomic E-state index is 6.39. The number of rotatable bonds is 5. The molecule has 7 aromatic rings. The minimum Gasteiger partial charge on any atom is -0.509 e. The van der Waals surface area contributed by atoms with Crippen molar-refractivity contribution in [3.63, 3.8) is 0 Å². The third-order valence-corrected chi connectivity index (χ3v) is 8.20. The summed E-state index contributed by atoms with van der Waals surface area (Å²) in [7, 11) is 0. The summed E-state index contributed by atoms with van der Waals surface area (Å²) in [5.74, 6) is 2.06. The molecule has 0 unspecified atom stereocenters. The fourth-order valence-corrected chi connectivity index (χ4v) is 5.99. The number of hydrogen-bond acceptors (Lipinski definition) is 3. The van der Waals surface area contributed by atoms with E-state index in [-0.39, 0.29) is 26.5 Å². The van der Waals surface area contributed by atoms with Crippen molar-refractivity contribution in [2.45, 2.75) is 47.0 Å². The van der Waals surface area contributed by atoms with E-state index in [1.54, 1.807) is 0 Å². The van der Waals surface area contributed by atoms with Gasteiger partial charge in [-0.25, -0.2) is 4.98 Å². The molecule has 0 N–H and O–H groups in total. The number of benzene rings is 4. The molecule has 7 rings (SSSR count). The molecule has 3 heterocycles. The maximum atomic E-state index is 6.39. The molecule has 0 aliphatic carbocycles. The quantitative estimate of drug-likeness (QED) is 0.164. The molecule has 6 heteroatoms. The van der Waals surface area contributed by atoms with Crippen LogP contribution in [0.2, 0.25) is 0 Å². The molecule has 5 nitrogen and oxygen atoms in total. The van der Waals surface area contributed by atoms with Gasteiger partial charge in [0.05, 0.1) is 5.69 Å². The minimum atomic E-state index is 0. The van der Waals surface area contributed by atoms with E-state index in [2.05, 4.69) is 124 Å². The minimum absolute atomic E-state index is 0. The molecule has 4 aromatic carbocycles. The number of nitrogens with zero attached hydrogens (tertiary/aromatic N) is 4. The standard InChI is InChI=1S/C39H34N4O.Pt/c1-25-19-20-40-37(21-25)42-35-16-8-7-15-33(35)34-18-17-32(24-36(34)42)44-31-14-10-13-30(23-31)43-27(3)38(26(2)41-43)28-11-9-12-29(22-28)39(4,5)6;/h7-22H,1-6H3;/q-2;+2. The summed E-state index contributed by atoms with van der Waals surface area (Å²) in [6.45, 7) is 13.0. The molecule has 0 radical (unpaired) electrons. The number of fused-ring (bicyclic) bond motifs is 3. The molecule has 0 amide bonds. The predicted octanol–water partition coefficient (Wildman–Crippen LogP) is 9.64. The molecule has 0 aliphatic rings. The van der Waals surface area contributed by atoms with E-state index in [0.29, 0.717) is 11.5 Å². The third-order valence-electron chi connectivity index (χ3n) is 8.20. The summed E-state index contributed by atoms with van der Waals surface area (Å²) < 4.78 is 10.5. The Kier molecular flexibility index (Phi) is 8.01. The largest absolute Gasteiger partial charge is 2.00 e. The first-order valence-corrected chi connectivity index (χ1v) is 14.9. The summed E-state index contributed by atoms with van der Waals surface area (Å²) in [5.41, 5.74) is 9.69. The van der Waals surface area contributed by atoms with Crippen molar-refractivity contribution in [2.75, 3.05) is 0 Å². The van der Waals surface area contributed by atoms with Gasteiger partial charge < -0.3 is 9.30 Å². The van der Waals surface area contributed by atoms with Crippen LogP contribution in [0.4, 0.5) is 0 Å². The van der Waals surface area contributed by atoms with Crippen LogP contribution in [-0.2, 0) is 26.5 Å². The van der Waals surface area contributed by atoms with Crippen LogP contribution in [0.25, 0.3) is 44.4 Å². The Morgan fingerprint density at radius 1 is 0.756 bits per heavy atom. The number of para-hydroxylation sites is 1. The van der Waals surface area contributed by atoms with E-state index in [1.807, 2.05) is 41.2 Å². The topological polar surface area (TPSA) is 44.9 Å². The Morgan fingerprint density at radius 3 is 2.33 bits per heavy atom. The smallest absolute Gasteiger partial charge is 0.509 e. The molecule has 0 spiro atoms. The average Bonchev–Trinajstić information content (AvgIpc) is 3.49. The van der Waals surface area contributed by atoms with Gasteiger partial charge in [0, 0.05) is 34.5 Å². The van der Waals surface area contributed by atoms with Crippen molar-refractivity contribution in [1.29, 1.82) is 0 Å². The number of aryl methyl sites for hydroxylation is 2. The number of hydrogen-bond donors (Lipinski definition) is 0. The van der Waals surface area contributed by atoms with Gasteiger partial charge in [-0.15, -0.1) is 35.7 Å². The van der Waals surface area contributed by atoms with Crippen molar-refractivity contribution in [1.82, 2.24) is 19.3 Å². The van der Waals surface area contributed by atoms with Crippen molar-refractivity contribution in [3.05, 3.63) is 132 Å². The molecule has 0 saturated heterocycles. The predicted molar refractivity (Wildman–Crippen MR) is 178 cm³/mol. The molecular weight excluding hydrogens is 736 g/mol. The molecule has 0 saturated carbocycles. The summed E-state index contributed by atoms with van der Waals surface area (Å²) in [5, 5.41) is 7.17. The molecule has 3 aromatic heterocycles. The molecule has 45 heavy (non-hydrogen) atoms. The molecule has 0 aliphatic heterocycles. The maximum Gasteiger partial charge on any atom is 2.00 e. The SMILES string of the molecule is Cc1ccnc(-n2c3[c-]c(Oc4[c-]c(-n5nc(C)c(-c6cccc(C(C)(C)C)c6)c5C)ccc4)ccc3c3ccccc32)c1.[Pt+2]. The first-order valence-electron chi connectivity index (χ1n) is 14.9. The molecular formula is C39H34N4OPt. The molecule has 0 fully saturated rings. The zero-order valence-corrected chi connectivity index (χ0v) is 28.5. The van der Waals surface area contributed by atoms with Crippen LogP contribution in [0.3, 0.4) is 0 Å². The van der Waals surface area contributed by atoms with Gasteiger partial charge >= 0.3 is 21.1 Å². The number of aromatic nitrogens is 4. The average molecular weight is 770 g/mol. The Bertz CT molecular complexity index is 2180. The van der Waals surface area contributed by atoms with Crippen LogP contribution in [0.15, 0.2) is 97.2 Å². The van der Waals surface area contributed by atoms with Crippen molar-refractivity contribution < 1.29 is 25.8 Å². The van der Waals surface area contributed by atoms with Crippen molar-refractivity contribution in [2.24, 2.45) is 0 Å². The second-order valence-corrected chi connectivity index (χ2v) is 12.4. The summed E-state index contributed by atoms with van der Waals surface area (Å²) in [6, 6.07) is 38.2. The Hall–Kier alpha value is -4.47. The van der Waals surface area contributed by atoms with Crippen LogP contribution < -0.4 is 4.74 Å². The Balaban J connectivity index is 0.00000357. The van der Waals surface area contributed by atoms with E-state index in [0.717, 1.165) is 55.8 Å². The van der Waals surface area contributed by atoms with Gasteiger partial charge in [-0.3, -0.25) is 4.68 Å². The monoisotopic (exact) mass is 769 g/mol. The van der Waals surface area contributed by atoms with Gasteiger partial charge in [0.2, 0.25) is 0 Å². The molecule has 0 atom stereocenters. The van der Waals surface area contributed by atoms with Gasteiger partial charge in [0.15, 0.2) is 0 Å². The van der Waals surface area contributed by atoms with Gasteiger partial charge in [-0.2, -0.15) is 17.2 Å². The second kappa shape index (κ2) is 11.8.